The topological polar surface area (TPSA) is 80.8 Å². The Bertz CT molecular complexity index is 997. The number of amides is 2. The van der Waals surface area contributed by atoms with Crippen LogP contribution in [0.15, 0.2) is 47.7 Å². The van der Waals surface area contributed by atoms with Crippen molar-refractivity contribution in [2.75, 3.05) is 26.1 Å². The second-order valence-electron chi connectivity index (χ2n) is 6.83. The highest BCUT2D eigenvalue weighted by molar-refractivity contribution is 7.13. The fraction of sp³-hybridized carbons (Fsp3) is 0.286. The molecule has 0 bridgehead atoms. The molecule has 2 amide bonds. The molecule has 1 aromatic heterocycles. The van der Waals surface area contributed by atoms with Crippen molar-refractivity contribution in [2.24, 2.45) is 0 Å². The third kappa shape index (κ3) is 4.08. The Labute approximate surface area is 172 Å². The van der Waals surface area contributed by atoms with Gasteiger partial charge < -0.3 is 19.7 Å². The van der Waals surface area contributed by atoms with Crippen molar-refractivity contribution in [1.29, 1.82) is 0 Å². The first kappa shape index (κ1) is 19.4. The van der Waals surface area contributed by atoms with E-state index in [9.17, 15) is 9.59 Å². The van der Waals surface area contributed by atoms with Crippen molar-refractivity contribution < 1.29 is 19.1 Å². The Balaban J connectivity index is 1.51. The quantitative estimate of drug-likeness (QED) is 0.790. The summed E-state index contributed by atoms with van der Waals surface area (Å²) in [5.41, 5.74) is 3.41. The molecule has 1 unspecified atom stereocenters. The van der Waals surface area contributed by atoms with Gasteiger partial charge in [0.2, 0.25) is 5.91 Å². The van der Waals surface area contributed by atoms with Crippen LogP contribution in [-0.4, -0.2) is 48.6 Å². The standard InChI is InChI=1S/C21H21N3O4S/c1-27-16-7-15(8-17(10-16)28-2)13-3-4-14-11-24(20(26)18(14)9-13)12-19(25)23-21-22-5-6-29-21/h3-9,16H,10-12H2,1-2H3,(H,22,23,25). The van der Waals surface area contributed by atoms with E-state index < -0.39 is 0 Å². The summed E-state index contributed by atoms with van der Waals surface area (Å²) < 4.78 is 10.9. The maximum absolute atomic E-state index is 12.9. The zero-order chi connectivity index (χ0) is 20.4. The molecule has 4 rings (SSSR count). The highest BCUT2D eigenvalue weighted by Gasteiger charge is 2.29. The van der Waals surface area contributed by atoms with Gasteiger partial charge in [-0.3, -0.25) is 9.59 Å². The molecule has 1 aromatic carbocycles. The van der Waals surface area contributed by atoms with Gasteiger partial charge in [-0.2, -0.15) is 0 Å². The van der Waals surface area contributed by atoms with Crippen LogP contribution in [0.25, 0.3) is 5.57 Å². The van der Waals surface area contributed by atoms with Gasteiger partial charge in [0, 0.05) is 37.2 Å². The summed E-state index contributed by atoms with van der Waals surface area (Å²) in [6.45, 7) is 0.406. The summed E-state index contributed by atoms with van der Waals surface area (Å²) >= 11 is 1.34. The van der Waals surface area contributed by atoms with Crippen molar-refractivity contribution in [3.05, 3.63) is 64.4 Å². The molecule has 8 heteroatoms. The molecule has 1 aliphatic heterocycles. The molecule has 7 nitrogen and oxygen atoms in total. The average molecular weight is 411 g/mol. The molecular formula is C21H21N3O4S. The van der Waals surface area contributed by atoms with Gasteiger partial charge in [-0.05, 0) is 34.9 Å². The predicted octanol–water partition coefficient (Wildman–Crippen LogP) is 3.07. The summed E-state index contributed by atoms with van der Waals surface area (Å²) in [5, 5.41) is 5.02. The molecule has 1 N–H and O–H groups in total. The number of fused-ring (bicyclic) bond motifs is 1. The van der Waals surface area contributed by atoms with Crippen LogP contribution in [0.1, 0.15) is 27.9 Å². The first-order chi connectivity index (χ1) is 14.1. The Morgan fingerprint density at radius 3 is 2.97 bits per heavy atom. The minimum Gasteiger partial charge on any atom is -0.501 e. The third-order valence-corrected chi connectivity index (χ3v) is 5.67. The number of hydrogen-bond acceptors (Lipinski definition) is 6. The van der Waals surface area contributed by atoms with E-state index in [4.69, 9.17) is 9.47 Å². The fourth-order valence-electron chi connectivity index (χ4n) is 3.50. The normalized spacial score (nSPS) is 18.2. The highest BCUT2D eigenvalue weighted by Crippen LogP contribution is 2.31. The lowest BCUT2D eigenvalue weighted by molar-refractivity contribution is -0.116. The number of anilines is 1. The van der Waals surface area contributed by atoms with Gasteiger partial charge in [0.15, 0.2) is 5.13 Å². The second-order valence-corrected chi connectivity index (χ2v) is 7.73. The molecule has 1 atom stereocenters. The van der Waals surface area contributed by atoms with Gasteiger partial charge in [0.05, 0.1) is 19.0 Å². The molecular weight excluding hydrogens is 390 g/mol. The van der Waals surface area contributed by atoms with E-state index in [1.54, 1.807) is 30.7 Å². The van der Waals surface area contributed by atoms with E-state index in [2.05, 4.69) is 10.3 Å². The maximum atomic E-state index is 12.9. The van der Waals surface area contributed by atoms with Crippen molar-refractivity contribution in [1.82, 2.24) is 9.88 Å². The van der Waals surface area contributed by atoms with Crippen molar-refractivity contribution in [2.45, 2.75) is 19.1 Å². The largest absolute Gasteiger partial charge is 0.501 e. The maximum Gasteiger partial charge on any atom is 0.254 e. The number of methoxy groups -OCH3 is 2. The van der Waals surface area contributed by atoms with E-state index in [1.165, 1.54) is 11.3 Å². The van der Waals surface area contributed by atoms with E-state index in [-0.39, 0.29) is 24.5 Å². The van der Waals surface area contributed by atoms with Crippen LogP contribution in [0.2, 0.25) is 0 Å². The first-order valence-electron chi connectivity index (χ1n) is 9.18. The third-order valence-electron chi connectivity index (χ3n) is 4.98. The van der Waals surface area contributed by atoms with E-state index >= 15 is 0 Å². The molecule has 150 valence electrons. The molecule has 0 saturated heterocycles. The lowest BCUT2D eigenvalue weighted by Gasteiger charge is -2.20. The average Bonchev–Trinajstić information content (AvgIpc) is 3.35. The SMILES string of the molecule is COC1=CC(c2ccc3c(c2)C(=O)N(CC(=O)Nc2nccs2)C3)=CC(OC)C1. The number of carbonyl (C=O) groups is 2. The monoisotopic (exact) mass is 411 g/mol. The van der Waals surface area contributed by atoms with Crippen LogP contribution in [0.3, 0.4) is 0 Å². The van der Waals surface area contributed by atoms with Crippen LogP contribution in [-0.2, 0) is 20.8 Å². The van der Waals surface area contributed by atoms with Gasteiger partial charge >= 0.3 is 0 Å². The summed E-state index contributed by atoms with van der Waals surface area (Å²) in [7, 11) is 3.31. The number of rotatable bonds is 6. The Morgan fingerprint density at radius 1 is 1.38 bits per heavy atom. The number of ether oxygens (including phenoxy) is 2. The van der Waals surface area contributed by atoms with Gasteiger partial charge in [-0.1, -0.05) is 12.1 Å². The number of hydrogen-bond donors (Lipinski definition) is 1. The minimum atomic E-state index is -0.257. The molecule has 0 saturated carbocycles. The summed E-state index contributed by atoms with van der Waals surface area (Å²) in [4.78, 5) is 30.7. The predicted molar refractivity (Wildman–Crippen MR) is 110 cm³/mol. The summed E-state index contributed by atoms with van der Waals surface area (Å²) in [6, 6.07) is 5.81. The number of carbonyl (C=O) groups excluding carboxylic acids is 2. The molecule has 2 heterocycles. The number of aromatic nitrogens is 1. The van der Waals surface area contributed by atoms with E-state index in [0.717, 1.165) is 22.5 Å². The molecule has 2 aliphatic rings. The zero-order valence-corrected chi connectivity index (χ0v) is 17.0. The molecule has 1 aliphatic carbocycles. The molecule has 2 aromatic rings. The summed E-state index contributed by atoms with van der Waals surface area (Å²) in [5.74, 6) is 0.431. The summed E-state index contributed by atoms with van der Waals surface area (Å²) in [6.07, 6.45) is 6.23. The number of benzene rings is 1. The van der Waals surface area contributed by atoms with E-state index in [0.29, 0.717) is 23.7 Å². The van der Waals surface area contributed by atoms with Crippen LogP contribution in [0.4, 0.5) is 5.13 Å². The fourth-order valence-corrected chi connectivity index (χ4v) is 4.04. The van der Waals surface area contributed by atoms with Gasteiger partial charge in [0.1, 0.15) is 6.54 Å². The molecule has 0 spiro atoms. The Morgan fingerprint density at radius 2 is 2.24 bits per heavy atom. The Kier molecular flexibility index (Phi) is 5.46. The van der Waals surface area contributed by atoms with Crippen LogP contribution < -0.4 is 5.32 Å². The second kappa shape index (κ2) is 8.18. The number of nitrogens with zero attached hydrogens (tertiary/aromatic N) is 2. The van der Waals surface area contributed by atoms with Crippen molar-refractivity contribution >= 4 is 33.9 Å². The van der Waals surface area contributed by atoms with Crippen molar-refractivity contribution in [3.63, 3.8) is 0 Å². The lowest BCUT2D eigenvalue weighted by Crippen LogP contribution is -2.33. The number of allylic oxidation sites excluding steroid dienone is 2. The van der Waals surface area contributed by atoms with Gasteiger partial charge in [-0.15, -0.1) is 11.3 Å². The molecule has 0 radical (unpaired) electrons. The smallest absolute Gasteiger partial charge is 0.254 e. The van der Waals surface area contributed by atoms with Crippen LogP contribution in [0.5, 0.6) is 0 Å². The van der Waals surface area contributed by atoms with Crippen LogP contribution in [0, 0.1) is 0 Å². The first-order valence-corrected chi connectivity index (χ1v) is 10.1. The lowest BCUT2D eigenvalue weighted by atomic mass is 9.94. The number of thiazole rings is 1. The van der Waals surface area contributed by atoms with Gasteiger partial charge in [0.25, 0.3) is 5.91 Å². The highest BCUT2D eigenvalue weighted by atomic mass is 32.1. The number of nitrogens with one attached hydrogen (secondary N) is 1. The minimum absolute atomic E-state index is 0.00933. The van der Waals surface area contributed by atoms with E-state index in [1.807, 2.05) is 30.4 Å². The molecule has 29 heavy (non-hydrogen) atoms. The zero-order valence-electron chi connectivity index (χ0n) is 16.2. The van der Waals surface area contributed by atoms with Crippen molar-refractivity contribution in [3.8, 4) is 0 Å². The molecule has 0 fully saturated rings. The van der Waals surface area contributed by atoms with Gasteiger partial charge in [-0.25, -0.2) is 4.98 Å². The Hall–Kier alpha value is -2.97. The van der Waals surface area contributed by atoms with Crippen LogP contribution >= 0.6 is 11.3 Å².